The Balaban J connectivity index is 1.86. The maximum absolute atomic E-state index is 5.37. The molecule has 1 saturated heterocycles. The Hall–Kier alpha value is -0.450. The van der Waals surface area contributed by atoms with Gasteiger partial charge in [0.15, 0.2) is 0 Å². The van der Waals surface area contributed by atoms with E-state index in [2.05, 4.69) is 22.6 Å². The highest BCUT2D eigenvalue weighted by molar-refractivity contribution is 7.09. The summed E-state index contributed by atoms with van der Waals surface area (Å²) in [6.07, 6.45) is 2.18. The molecule has 0 bridgehead atoms. The highest BCUT2D eigenvalue weighted by Gasteiger charge is 2.20. The largest absolute Gasteiger partial charge is 0.381 e. The van der Waals surface area contributed by atoms with Crippen molar-refractivity contribution in [1.82, 2.24) is 10.3 Å². The molecule has 2 rings (SSSR count). The molecule has 3 nitrogen and oxygen atoms in total. The van der Waals surface area contributed by atoms with Crippen LogP contribution in [0.4, 0.5) is 0 Å². The molecule has 1 atom stereocenters. The molecule has 1 aromatic rings. The fraction of sp³-hybridized carbons (Fsp3) is 0.727. The molecule has 4 heteroatoms. The lowest BCUT2D eigenvalue weighted by Gasteiger charge is -2.01. The zero-order valence-electron chi connectivity index (χ0n) is 9.16. The summed E-state index contributed by atoms with van der Waals surface area (Å²) in [4.78, 5) is 4.66. The average molecular weight is 226 g/mol. The van der Waals surface area contributed by atoms with Crippen LogP contribution in [0.5, 0.6) is 0 Å². The smallest absolute Gasteiger partial charge is 0.0983 e. The fourth-order valence-corrected chi connectivity index (χ4v) is 2.72. The van der Waals surface area contributed by atoms with Gasteiger partial charge in [0.1, 0.15) is 0 Å². The van der Waals surface area contributed by atoms with E-state index < -0.39 is 0 Å². The van der Waals surface area contributed by atoms with Crippen molar-refractivity contribution in [2.75, 3.05) is 26.3 Å². The average Bonchev–Trinajstić information content (AvgIpc) is 2.87. The molecule has 1 fully saturated rings. The number of nitrogens with one attached hydrogen (secondary N) is 1. The molecule has 15 heavy (non-hydrogen) atoms. The van der Waals surface area contributed by atoms with E-state index in [4.69, 9.17) is 4.74 Å². The highest BCUT2D eigenvalue weighted by atomic mass is 32.1. The van der Waals surface area contributed by atoms with E-state index in [1.807, 2.05) is 0 Å². The number of aromatic nitrogens is 1. The van der Waals surface area contributed by atoms with Gasteiger partial charge in [0.2, 0.25) is 0 Å². The van der Waals surface area contributed by atoms with E-state index in [1.54, 1.807) is 11.3 Å². The first-order valence-electron chi connectivity index (χ1n) is 5.63. The second-order valence-electron chi connectivity index (χ2n) is 3.84. The fourth-order valence-electron chi connectivity index (χ4n) is 1.75. The molecule has 1 aliphatic heterocycles. The van der Waals surface area contributed by atoms with Crippen LogP contribution in [0.3, 0.4) is 0 Å². The van der Waals surface area contributed by atoms with E-state index >= 15 is 0 Å². The summed E-state index contributed by atoms with van der Waals surface area (Å²) in [7, 11) is 0. The molecule has 0 amide bonds. The molecular weight excluding hydrogens is 208 g/mol. The first-order chi connectivity index (χ1) is 7.40. The predicted octanol–water partition coefficient (Wildman–Crippen LogP) is 1.80. The molecule has 0 aliphatic carbocycles. The summed E-state index contributed by atoms with van der Waals surface area (Å²) < 4.78 is 5.37. The number of nitrogens with zero attached hydrogens (tertiary/aromatic N) is 1. The number of hydrogen-bond acceptors (Lipinski definition) is 4. The molecule has 84 valence electrons. The van der Waals surface area contributed by atoms with E-state index in [9.17, 15) is 0 Å². The molecule has 0 spiro atoms. The number of likely N-dealkylation sites (N-methyl/N-ethyl adjacent to an activating group) is 1. The van der Waals surface area contributed by atoms with Crippen LogP contribution in [0.2, 0.25) is 0 Å². The lowest BCUT2D eigenvalue weighted by molar-refractivity contribution is 0.194. The van der Waals surface area contributed by atoms with Gasteiger partial charge in [-0.1, -0.05) is 6.92 Å². The molecule has 1 aliphatic rings. The standard InChI is InChI=1S/C11H18N2OS/c1-2-12-5-3-10-8-15-11(13-10)9-4-6-14-7-9/h8-9,12H,2-7H2,1H3. The second-order valence-corrected chi connectivity index (χ2v) is 4.73. The van der Waals surface area contributed by atoms with Crippen LogP contribution in [0.1, 0.15) is 30.0 Å². The summed E-state index contributed by atoms with van der Waals surface area (Å²) in [5, 5.41) is 6.76. The number of ether oxygens (including phenoxy) is 1. The molecule has 0 radical (unpaired) electrons. The quantitative estimate of drug-likeness (QED) is 0.777. The first kappa shape index (κ1) is 11.0. The van der Waals surface area contributed by atoms with Crippen LogP contribution >= 0.6 is 11.3 Å². The third kappa shape index (κ3) is 3.00. The van der Waals surface area contributed by atoms with Crippen molar-refractivity contribution in [2.45, 2.75) is 25.7 Å². The van der Waals surface area contributed by atoms with Crippen molar-refractivity contribution in [1.29, 1.82) is 0 Å². The van der Waals surface area contributed by atoms with Crippen molar-refractivity contribution < 1.29 is 4.74 Å². The van der Waals surface area contributed by atoms with Crippen LogP contribution in [-0.2, 0) is 11.2 Å². The van der Waals surface area contributed by atoms with Gasteiger partial charge < -0.3 is 10.1 Å². The van der Waals surface area contributed by atoms with E-state index in [-0.39, 0.29) is 0 Å². The van der Waals surface area contributed by atoms with E-state index in [0.717, 1.165) is 39.1 Å². The summed E-state index contributed by atoms with van der Waals surface area (Å²) >= 11 is 1.79. The minimum absolute atomic E-state index is 0.558. The lowest BCUT2D eigenvalue weighted by atomic mass is 10.1. The van der Waals surface area contributed by atoms with Crippen molar-refractivity contribution in [2.24, 2.45) is 0 Å². The van der Waals surface area contributed by atoms with Gasteiger partial charge in [-0.25, -0.2) is 4.98 Å². The van der Waals surface area contributed by atoms with Crippen LogP contribution in [0, 0.1) is 0 Å². The van der Waals surface area contributed by atoms with Gasteiger partial charge in [-0.15, -0.1) is 11.3 Å². The van der Waals surface area contributed by atoms with Crippen molar-refractivity contribution in [3.8, 4) is 0 Å². The first-order valence-corrected chi connectivity index (χ1v) is 6.51. The van der Waals surface area contributed by atoms with Crippen LogP contribution < -0.4 is 5.32 Å². The predicted molar refractivity (Wildman–Crippen MR) is 62.5 cm³/mol. The SMILES string of the molecule is CCNCCc1csc(C2CCOC2)n1. The highest BCUT2D eigenvalue weighted by Crippen LogP contribution is 2.27. The Labute approximate surface area is 94.9 Å². The maximum Gasteiger partial charge on any atom is 0.0983 e. The molecule has 1 aromatic heterocycles. The monoisotopic (exact) mass is 226 g/mol. The van der Waals surface area contributed by atoms with Gasteiger partial charge in [0.25, 0.3) is 0 Å². The number of hydrogen-bond donors (Lipinski definition) is 1. The van der Waals surface area contributed by atoms with Crippen LogP contribution in [0.15, 0.2) is 5.38 Å². The minimum atomic E-state index is 0.558. The minimum Gasteiger partial charge on any atom is -0.381 e. The van der Waals surface area contributed by atoms with Gasteiger partial charge in [0, 0.05) is 30.9 Å². The second kappa shape index (κ2) is 5.58. The topological polar surface area (TPSA) is 34.1 Å². The molecule has 2 heterocycles. The molecular formula is C11H18N2OS. The summed E-state index contributed by atoms with van der Waals surface area (Å²) in [6.45, 7) is 5.95. The Morgan fingerprint density at radius 2 is 2.60 bits per heavy atom. The molecule has 1 N–H and O–H groups in total. The lowest BCUT2D eigenvalue weighted by Crippen LogP contribution is -2.16. The Morgan fingerprint density at radius 1 is 1.67 bits per heavy atom. The third-order valence-electron chi connectivity index (χ3n) is 2.66. The zero-order valence-corrected chi connectivity index (χ0v) is 9.98. The number of thiazole rings is 1. The molecule has 1 unspecified atom stereocenters. The Bertz CT molecular complexity index is 295. The maximum atomic E-state index is 5.37. The third-order valence-corrected chi connectivity index (χ3v) is 3.71. The van der Waals surface area contributed by atoms with Gasteiger partial charge >= 0.3 is 0 Å². The Morgan fingerprint density at radius 3 is 3.33 bits per heavy atom. The molecule has 0 saturated carbocycles. The van der Waals surface area contributed by atoms with Gasteiger partial charge in [0.05, 0.1) is 17.3 Å². The van der Waals surface area contributed by atoms with E-state index in [0.29, 0.717) is 5.92 Å². The summed E-state index contributed by atoms with van der Waals surface area (Å²) in [6, 6.07) is 0. The van der Waals surface area contributed by atoms with Crippen molar-refractivity contribution >= 4 is 11.3 Å². The molecule has 0 aromatic carbocycles. The van der Waals surface area contributed by atoms with Gasteiger partial charge in [-0.3, -0.25) is 0 Å². The number of rotatable bonds is 5. The van der Waals surface area contributed by atoms with E-state index in [1.165, 1.54) is 10.7 Å². The zero-order chi connectivity index (χ0) is 10.5. The van der Waals surface area contributed by atoms with Crippen molar-refractivity contribution in [3.05, 3.63) is 16.1 Å². The van der Waals surface area contributed by atoms with Gasteiger partial charge in [-0.05, 0) is 13.0 Å². The Kier molecular flexibility index (Phi) is 4.11. The normalized spacial score (nSPS) is 21.0. The van der Waals surface area contributed by atoms with Crippen LogP contribution in [0.25, 0.3) is 0 Å². The summed E-state index contributed by atoms with van der Waals surface area (Å²) in [5.74, 6) is 0.558. The summed E-state index contributed by atoms with van der Waals surface area (Å²) in [5.41, 5.74) is 1.22. The van der Waals surface area contributed by atoms with Crippen molar-refractivity contribution in [3.63, 3.8) is 0 Å². The van der Waals surface area contributed by atoms with Crippen LogP contribution in [-0.4, -0.2) is 31.3 Å². The van der Waals surface area contributed by atoms with Gasteiger partial charge in [-0.2, -0.15) is 0 Å².